The third-order valence-corrected chi connectivity index (χ3v) is 4.82. The minimum absolute atomic E-state index is 0.0887. The molecule has 1 saturated heterocycles. The summed E-state index contributed by atoms with van der Waals surface area (Å²) in [7, 11) is 0. The molecule has 0 bridgehead atoms. The van der Waals surface area contributed by atoms with Crippen LogP contribution < -0.4 is 5.32 Å². The van der Waals surface area contributed by atoms with Crippen LogP contribution in [0.1, 0.15) is 27.9 Å². The number of carbonyl (C=O) groups is 1. The van der Waals surface area contributed by atoms with Crippen LogP contribution in [0.2, 0.25) is 5.02 Å². The van der Waals surface area contributed by atoms with Gasteiger partial charge in [0.1, 0.15) is 6.73 Å². The molecule has 6 nitrogen and oxygen atoms in total. The number of rotatable bonds is 3. The average molecular weight is 359 g/mol. The molecule has 0 unspecified atom stereocenters. The van der Waals surface area contributed by atoms with Crippen molar-refractivity contribution in [3.05, 3.63) is 52.3 Å². The van der Waals surface area contributed by atoms with Crippen molar-refractivity contribution < 1.29 is 9.53 Å². The molecular weight excluding hydrogens is 340 g/mol. The largest absolute Gasteiger partial charge is 0.361 e. The Morgan fingerprint density at radius 1 is 1.24 bits per heavy atom. The lowest BCUT2D eigenvalue weighted by Crippen LogP contribution is -2.38. The molecule has 1 amide bonds. The van der Waals surface area contributed by atoms with Gasteiger partial charge in [-0.15, -0.1) is 0 Å². The molecule has 1 fully saturated rings. The standard InChI is InChI=1S/C18H19ClN4O2/c19-15-3-2-12-7-16(8-13(12)6-15)22-18-20-9-14(10-21-18)17(24)23-4-1-5-25-11-23/h2-3,6,9-10,16H,1,4-5,7-8,11H2,(H,20,21,22)/t16-/m1/s1. The lowest BCUT2D eigenvalue weighted by Gasteiger charge is -2.26. The maximum Gasteiger partial charge on any atom is 0.258 e. The topological polar surface area (TPSA) is 67.4 Å². The lowest BCUT2D eigenvalue weighted by atomic mass is 10.1. The third-order valence-electron chi connectivity index (χ3n) is 4.58. The summed E-state index contributed by atoms with van der Waals surface area (Å²) in [6.45, 7) is 1.75. The van der Waals surface area contributed by atoms with Gasteiger partial charge < -0.3 is 15.0 Å². The highest BCUT2D eigenvalue weighted by atomic mass is 35.5. The maximum absolute atomic E-state index is 12.4. The molecule has 2 aromatic rings. The van der Waals surface area contributed by atoms with Gasteiger partial charge in [-0.1, -0.05) is 17.7 Å². The highest BCUT2D eigenvalue weighted by Crippen LogP contribution is 2.26. The zero-order valence-corrected chi connectivity index (χ0v) is 14.5. The van der Waals surface area contributed by atoms with E-state index in [4.69, 9.17) is 16.3 Å². The molecule has 1 aliphatic carbocycles. The molecule has 0 spiro atoms. The highest BCUT2D eigenvalue weighted by molar-refractivity contribution is 6.30. The first kappa shape index (κ1) is 16.3. The van der Waals surface area contributed by atoms with Gasteiger partial charge >= 0.3 is 0 Å². The van der Waals surface area contributed by atoms with Crippen molar-refractivity contribution >= 4 is 23.5 Å². The van der Waals surface area contributed by atoms with Gasteiger partial charge in [0.05, 0.1) is 12.2 Å². The van der Waals surface area contributed by atoms with E-state index in [-0.39, 0.29) is 11.9 Å². The van der Waals surface area contributed by atoms with Gasteiger partial charge in [0.15, 0.2) is 0 Å². The molecule has 1 aromatic carbocycles. The summed E-state index contributed by atoms with van der Waals surface area (Å²) < 4.78 is 5.32. The third kappa shape index (κ3) is 3.60. The van der Waals surface area contributed by atoms with Crippen LogP contribution in [0.4, 0.5) is 5.95 Å². The number of ether oxygens (including phenoxy) is 1. The van der Waals surface area contributed by atoms with E-state index in [2.05, 4.69) is 21.4 Å². The first-order chi connectivity index (χ1) is 12.2. The quantitative estimate of drug-likeness (QED) is 0.913. The smallest absolute Gasteiger partial charge is 0.258 e. The number of amides is 1. The van der Waals surface area contributed by atoms with Gasteiger partial charge in [-0.05, 0) is 42.5 Å². The Balaban J connectivity index is 1.39. The van der Waals surface area contributed by atoms with Gasteiger partial charge in [-0.25, -0.2) is 9.97 Å². The van der Waals surface area contributed by atoms with Crippen LogP contribution in [-0.2, 0) is 17.6 Å². The SMILES string of the molecule is O=C(c1cnc(N[C@@H]2Cc3ccc(Cl)cc3C2)nc1)N1CCCOC1. The van der Waals surface area contributed by atoms with Crippen LogP contribution in [0.3, 0.4) is 0 Å². The summed E-state index contributed by atoms with van der Waals surface area (Å²) in [5.41, 5.74) is 3.05. The molecule has 7 heteroatoms. The second kappa shape index (κ2) is 6.98. The number of hydrogen-bond acceptors (Lipinski definition) is 5. The summed E-state index contributed by atoms with van der Waals surface area (Å²) in [5, 5.41) is 4.10. The van der Waals surface area contributed by atoms with E-state index in [1.54, 1.807) is 17.3 Å². The van der Waals surface area contributed by atoms with Gasteiger partial charge in [-0.2, -0.15) is 0 Å². The van der Waals surface area contributed by atoms with E-state index in [1.165, 1.54) is 11.1 Å². The Morgan fingerprint density at radius 2 is 2.04 bits per heavy atom. The van der Waals surface area contributed by atoms with E-state index >= 15 is 0 Å². The Labute approximate surface area is 151 Å². The van der Waals surface area contributed by atoms with E-state index < -0.39 is 0 Å². The molecule has 1 aromatic heterocycles. The summed E-state index contributed by atoms with van der Waals surface area (Å²) in [5.74, 6) is 0.449. The van der Waals surface area contributed by atoms with Crippen molar-refractivity contribution in [2.24, 2.45) is 0 Å². The molecule has 25 heavy (non-hydrogen) atoms. The van der Waals surface area contributed by atoms with Crippen LogP contribution in [-0.4, -0.2) is 46.7 Å². The minimum atomic E-state index is -0.0887. The van der Waals surface area contributed by atoms with Crippen molar-refractivity contribution in [3.8, 4) is 0 Å². The fourth-order valence-corrected chi connectivity index (χ4v) is 3.52. The Morgan fingerprint density at radius 3 is 2.80 bits per heavy atom. The molecule has 0 radical (unpaired) electrons. The average Bonchev–Trinajstić information content (AvgIpc) is 3.04. The van der Waals surface area contributed by atoms with Crippen LogP contribution in [0.25, 0.3) is 0 Å². The fraction of sp³-hybridized carbons (Fsp3) is 0.389. The summed E-state index contributed by atoms with van der Waals surface area (Å²) in [4.78, 5) is 22.6. The van der Waals surface area contributed by atoms with E-state index in [0.29, 0.717) is 31.4 Å². The van der Waals surface area contributed by atoms with Crippen molar-refractivity contribution in [1.82, 2.24) is 14.9 Å². The van der Waals surface area contributed by atoms with Crippen molar-refractivity contribution in [1.29, 1.82) is 0 Å². The Bertz CT molecular complexity index is 775. The monoisotopic (exact) mass is 358 g/mol. The number of anilines is 1. The van der Waals surface area contributed by atoms with Crippen molar-refractivity contribution in [2.45, 2.75) is 25.3 Å². The molecular formula is C18H19ClN4O2. The van der Waals surface area contributed by atoms with E-state index in [0.717, 1.165) is 24.3 Å². The number of nitrogens with zero attached hydrogens (tertiary/aromatic N) is 3. The first-order valence-electron chi connectivity index (χ1n) is 8.42. The predicted molar refractivity (Wildman–Crippen MR) is 94.8 cm³/mol. The zero-order valence-electron chi connectivity index (χ0n) is 13.7. The molecule has 2 heterocycles. The van der Waals surface area contributed by atoms with Crippen LogP contribution >= 0.6 is 11.6 Å². The molecule has 2 aliphatic rings. The summed E-state index contributed by atoms with van der Waals surface area (Å²) in [6, 6.07) is 6.25. The number of nitrogens with one attached hydrogen (secondary N) is 1. The number of benzene rings is 1. The Kier molecular flexibility index (Phi) is 4.55. The van der Waals surface area contributed by atoms with E-state index in [9.17, 15) is 4.79 Å². The molecule has 1 atom stereocenters. The van der Waals surface area contributed by atoms with Crippen LogP contribution in [0.15, 0.2) is 30.6 Å². The normalized spacial score (nSPS) is 19.6. The van der Waals surface area contributed by atoms with Crippen molar-refractivity contribution in [2.75, 3.05) is 25.2 Å². The maximum atomic E-state index is 12.4. The lowest BCUT2D eigenvalue weighted by molar-refractivity contribution is -0.00575. The van der Waals surface area contributed by atoms with Gasteiger partial charge in [-0.3, -0.25) is 4.79 Å². The second-order valence-electron chi connectivity index (χ2n) is 6.42. The first-order valence-corrected chi connectivity index (χ1v) is 8.80. The van der Waals surface area contributed by atoms with Crippen molar-refractivity contribution in [3.63, 3.8) is 0 Å². The van der Waals surface area contributed by atoms with Gasteiger partial charge in [0, 0.05) is 30.0 Å². The van der Waals surface area contributed by atoms with E-state index in [1.807, 2.05) is 12.1 Å². The fourth-order valence-electron chi connectivity index (χ4n) is 3.32. The molecule has 1 aliphatic heterocycles. The predicted octanol–water partition coefficient (Wildman–Crippen LogP) is 2.53. The number of carbonyl (C=O) groups excluding carboxylic acids is 1. The number of fused-ring (bicyclic) bond motifs is 1. The number of hydrogen-bond donors (Lipinski definition) is 1. The number of aromatic nitrogens is 2. The molecule has 4 rings (SSSR count). The minimum Gasteiger partial charge on any atom is -0.361 e. The summed E-state index contributed by atoms with van der Waals surface area (Å²) >= 11 is 6.05. The van der Waals surface area contributed by atoms with Gasteiger partial charge in [0.2, 0.25) is 5.95 Å². The second-order valence-corrected chi connectivity index (χ2v) is 6.85. The van der Waals surface area contributed by atoms with Crippen LogP contribution in [0.5, 0.6) is 0 Å². The Hall–Kier alpha value is -2.18. The molecule has 0 saturated carbocycles. The molecule has 1 N–H and O–H groups in total. The summed E-state index contributed by atoms with van der Waals surface area (Å²) in [6.07, 6.45) is 5.82. The zero-order chi connectivity index (χ0) is 17.2. The van der Waals surface area contributed by atoms with Crippen LogP contribution in [0, 0.1) is 0 Å². The highest BCUT2D eigenvalue weighted by Gasteiger charge is 2.23. The number of halogens is 1. The van der Waals surface area contributed by atoms with Gasteiger partial charge in [0.25, 0.3) is 5.91 Å². The molecule has 130 valence electrons.